The monoisotopic (exact) mass is 399 g/mol. The standard InChI is InChI=1S/C24H21N3OS/c1-2-11-26-20-9-8-17(25)13-19(20)24-27-21-12-15(7-10-22(21)28-24)23-18-6-4-3-5-16(18)14-29-23/h3-10,12-14,26H,2,11,25H2,1H3. The Hall–Kier alpha value is -3.31. The molecule has 0 aliphatic rings. The molecule has 29 heavy (non-hydrogen) atoms. The molecule has 5 aromatic rings. The highest BCUT2D eigenvalue weighted by atomic mass is 32.1. The number of nitrogens with two attached hydrogens (primary N) is 1. The minimum absolute atomic E-state index is 0.582. The highest BCUT2D eigenvalue weighted by Crippen LogP contribution is 2.37. The van der Waals surface area contributed by atoms with Gasteiger partial charge in [0.15, 0.2) is 5.58 Å². The van der Waals surface area contributed by atoms with Crippen molar-refractivity contribution in [2.24, 2.45) is 0 Å². The zero-order valence-electron chi connectivity index (χ0n) is 16.1. The number of nitrogen functional groups attached to an aromatic ring is 1. The average Bonchev–Trinajstić information content (AvgIpc) is 3.36. The molecule has 2 heterocycles. The maximum atomic E-state index is 6.09. The smallest absolute Gasteiger partial charge is 0.229 e. The summed E-state index contributed by atoms with van der Waals surface area (Å²) in [6.45, 7) is 3.02. The van der Waals surface area contributed by atoms with Crippen molar-refractivity contribution >= 4 is 44.6 Å². The lowest BCUT2D eigenvalue weighted by atomic mass is 10.1. The lowest BCUT2D eigenvalue weighted by molar-refractivity contribution is 0.620. The van der Waals surface area contributed by atoms with Gasteiger partial charge in [0.05, 0.1) is 5.56 Å². The average molecular weight is 400 g/mol. The molecule has 5 rings (SSSR count). The fourth-order valence-electron chi connectivity index (χ4n) is 3.55. The zero-order chi connectivity index (χ0) is 19.8. The van der Waals surface area contributed by atoms with Gasteiger partial charge in [-0.2, -0.15) is 0 Å². The van der Waals surface area contributed by atoms with E-state index in [4.69, 9.17) is 15.1 Å². The Morgan fingerprint density at radius 2 is 1.97 bits per heavy atom. The first-order valence-corrected chi connectivity index (χ1v) is 10.6. The number of hydrogen-bond acceptors (Lipinski definition) is 5. The molecule has 0 radical (unpaired) electrons. The Morgan fingerprint density at radius 3 is 2.86 bits per heavy atom. The number of aromatic nitrogens is 1. The first-order valence-electron chi connectivity index (χ1n) is 9.74. The second kappa shape index (κ2) is 7.26. The molecule has 0 unspecified atom stereocenters. The summed E-state index contributed by atoms with van der Waals surface area (Å²) in [5, 5.41) is 8.16. The zero-order valence-corrected chi connectivity index (χ0v) is 16.9. The van der Waals surface area contributed by atoms with Crippen molar-refractivity contribution in [1.82, 2.24) is 4.98 Å². The molecule has 0 saturated heterocycles. The van der Waals surface area contributed by atoms with Crippen LogP contribution in [0.2, 0.25) is 0 Å². The number of fused-ring (bicyclic) bond motifs is 2. The lowest BCUT2D eigenvalue weighted by Gasteiger charge is -2.09. The Bertz CT molecular complexity index is 1320. The van der Waals surface area contributed by atoms with E-state index in [-0.39, 0.29) is 0 Å². The van der Waals surface area contributed by atoms with Crippen molar-refractivity contribution in [3.8, 4) is 21.9 Å². The predicted molar refractivity (Wildman–Crippen MR) is 123 cm³/mol. The van der Waals surface area contributed by atoms with Crippen LogP contribution in [0.3, 0.4) is 0 Å². The van der Waals surface area contributed by atoms with Gasteiger partial charge in [-0.25, -0.2) is 4.98 Å². The van der Waals surface area contributed by atoms with Crippen LogP contribution in [0.5, 0.6) is 0 Å². The summed E-state index contributed by atoms with van der Waals surface area (Å²) in [5.41, 5.74) is 11.4. The molecule has 0 atom stereocenters. The Labute approximate surface area is 173 Å². The largest absolute Gasteiger partial charge is 0.436 e. The van der Waals surface area contributed by atoms with E-state index < -0.39 is 0 Å². The molecular formula is C24H21N3OS. The van der Waals surface area contributed by atoms with Gasteiger partial charge >= 0.3 is 0 Å². The third-order valence-electron chi connectivity index (χ3n) is 5.00. The van der Waals surface area contributed by atoms with Crippen LogP contribution in [0.15, 0.2) is 70.5 Å². The van der Waals surface area contributed by atoms with E-state index in [0.29, 0.717) is 11.6 Å². The molecule has 144 valence electrons. The van der Waals surface area contributed by atoms with Crippen molar-refractivity contribution in [1.29, 1.82) is 0 Å². The molecule has 2 aromatic heterocycles. The van der Waals surface area contributed by atoms with E-state index in [0.717, 1.165) is 40.9 Å². The summed E-state index contributed by atoms with van der Waals surface area (Å²) in [5.74, 6) is 0.582. The molecule has 0 spiro atoms. The summed E-state index contributed by atoms with van der Waals surface area (Å²) in [6, 6.07) is 20.5. The van der Waals surface area contributed by atoms with E-state index in [1.807, 2.05) is 24.3 Å². The normalized spacial score (nSPS) is 11.3. The van der Waals surface area contributed by atoms with Crippen molar-refractivity contribution < 1.29 is 4.42 Å². The first-order chi connectivity index (χ1) is 14.2. The number of rotatable bonds is 5. The van der Waals surface area contributed by atoms with Gasteiger partial charge in [-0.1, -0.05) is 31.2 Å². The summed E-state index contributed by atoms with van der Waals surface area (Å²) in [4.78, 5) is 6.04. The highest BCUT2D eigenvalue weighted by molar-refractivity contribution is 7.15. The third-order valence-corrected chi connectivity index (χ3v) is 6.06. The number of nitrogens with one attached hydrogen (secondary N) is 1. The van der Waals surface area contributed by atoms with Gasteiger partial charge < -0.3 is 15.5 Å². The molecule has 0 aliphatic carbocycles. The van der Waals surface area contributed by atoms with Crippen LogP contribution in [0.25, 0.3) is 43.8 Å². The topological polar surface area (TPSA) is 64.1 Å². The SMILES string of the molecule is CCCNc1ccc(N)cc1-c1nc2cc(-c3scc4ccccc34)ccc2o1. The van der Waals surface area contributed by atoms with Crippen molar-refractivity contribution in [2.45, 2.75) is 13.3 Å². The first kappa shape index (κ1) is 17.8. The third kappa shape index (κ3) is 3.23. The second-order valence-electron chi connectivity index (χ2n) is 7.09. The van der Waals surface area contributed by atoms with Crippen LogP contribution in [0, 0.1) is 0 Å². The van der Waals surface area contributed by atoms with Crippen LogP contribution < -0.4 is 11.1 Å². The molecule has 0 bridgehead atoms. The molecule has 4 nitrogen and oxygen atoms in total. The van der Waals surface area contributed by atoms with Gasteiger partial charge in [0.2, 0.25) is 5.89 Å². The van der Waals surface area contributed by atoms with Crippen molar-refractivity contribution in [3.63, 3.8) is 0 Å². The quantitative estimate of drug-likeness (QED) is 0.320. The van der Waals surface area contributed by atoms with Crippen LogP contribution in [-0.4, -0.2) is 11.5 Å². The molecule has 0 fully saturated rings. The molecule has 5 heteroatoms. The number of thiophene rings is 1. The van der Waals surface area contributed by atoms with Crippen molar-refractivity contribution in [3.05, 3.63) is 66.0 Å². The predicted octanol–water partition coefficient (Wildman–Crippen LogP) is 6.78. The maximum Gasteiger partial charge on any atom is 0.229 e. The minimum Gasteiger partial charge on any atom is -0.436 e. The van der Waals surface area contributed by atoms with Crippen LogP contribution in [0.4, 0.5) is 11.4 Å². The molecule has 0 saturated carbocycles. The maximum absolute atomic E-state index is 6.09. The highest BCUT2D eigenvalue weighted by Gasteiger charge is 2.15. The van der Waals surface area contributed by atoms with Crippen LogP contribution in [-0.2, 0) is 0 Å². The Balaban J connectivity index is 1.60. The number of oxazole rings is 1. The summed E-state index contributed by atoms with van der Waals surface area (Å²) >= 11 is 1.76. The van der Waals surface area contributed by atoms with Crippen LogP contribution >= 0.6 is 11.3 Å². The van der Waals surface area contributed by atoms with E-state index in [2.05, 4.69) is 54.0 Å². The van der Waals surface area contributed by atoms with Gasteiger partial charge in [0.25, 0.3) is 0 Å². The fraction of sp³-hybridized carbons (Fsp3) is 0.125. The van der Waals surface area contributed by atoms with Gasteiger partial charge in [-0.3, -0.25) is 0 Å². The van der Waals surface area contributed by atoms with Gasteiger partial charge in [0.1, 0.15) is 5.52 Å². The van der Waals surface area contributed by atoms with E-state index in [1.165, 1.54) is 15.6 Å². The van der Waals surface area contributed by atoms with Crippen LogP contribution in [0.1, 0.15) is 13.3 Å². The minimum atomic E-state index is 0.582. The lowest BCUT2D eigenvalue weighted by Crippen LogP contribution is -2.02. The van der Waals surface area contributed by atoms with Crippen molar-refractivity contribution in [2.75, 3.05) is 17.6 Å². The Kier molecular flexibility index (Phi) is 4.45. The van der Waals surface area contributed by atoms with E-state index >= 15 is 0 Å². The Morgan fingerprint density at radius 1 is 1.07 bits per heavy atom. The van der Waals surface area contributed by atoms with Gasteiger partial charge in [0, 0.05) is 28.2 Å². The summed E-state index contributed by atoms with van der Waals surface area (Å²) in [6.07, 6.45) is 1.04. The number of hydrogen-bond donors (Lipinski definition) is 2. The van der Waals surface area contributed by atoms with Gasteiger partial charge in [-0.15, -0.1) is 11.3 Å². The number of anilines is 2. The summed E-state index contributed by atoms with van der Waals surface area (Å²) < 4.78 is 6.09. The molecule has 0 amide bonds. The summed E-state index contributed by atoms with van der Waals surface area (Å²) in [7, 11) is 0. The molecule has 3 N–H and O–H groups in total. The fourth-order valence-corrected chi connectivity index (χ4v) is 4.58. The molecule has 0 aliphatic heterocycles. The van der Waals surface area contributed by atoms with E-state index in [9.17, 15) is 0 Å². The molecular weight excluding hydrogens is 378 g/mol. The van der Waals surface area contributed by atoms with Gasteiger partial charge in [-0.05, 0) is 59.1 Å². The molecule has 3 aromatic carbocycles. The number of nitrogens with zero attached hydrogens (tertiary/aromatic N) is 1. The van der Waals surface area contributed by atoms with E-state index in [1.54, 1.807) is 11.3 Å². The number of benzene rings is 3. The second-order valence-corrected chi connectivity index (χ2v) is 7.97.